The van der Waals surface area contributed by atoms with Crippen molar-refractivity contribution in [1.82, 2.24) is 40.4 Å². The Bertz CT molecular complexity index is 763. The normalized spacial score (nSPS) is 20.6. The molecule has 1 fully saturated rings. The summed E-state index contributed by atoms with van der Waals surface area (Å²) in [6, 6.07) is 1.89. The monoisotopic (exact) mass is 374 g/mol. The van der Waals surface area contributed by atoms with E-state index in [1.165, 1.54) is 4.68 Å². The fourth-order valence-corrected chi connectivity index (χ4v) is 3.32. The smallest absolute Gasteiger partial charge is 0.242 e. The van der Waals surface area contributed by atoms with Crippen LogP contribution in [0.4, 0.5) is 0 Å². The van der Waals surface area contributed by atoms with E-state index in [0.29, 0.717) is 18.2 Å². The molecule has 2 aromatic rings. The topological polar surface area (TPSA) is 111 Å². The molecule has 1 amide bonds. The molecule has 0 saturated carbocycles. The van der Waals surface area contributed by atoms with E-state index in [9.17, 15) is 4.79 Å². The summed E-state index contributed by atoms with van der Waals surface area (Å²) in [5.74, 6) is 1.07. The van der Waals surface area contributed by atoms with E-state index < -0.39 is 0 Å². The van der Waals surface area contributed by atoms with E-state index in [1.807, 2.05) is 33.8 Å². The van der Waals surface area contributed by atoms with Crippen LogP contribution >= 0.6 is 0 Å². The number of hydrogen-bond acceptors (Lipinski definition) is 8. The van der Waals surface area contributed by atoms with Crippen LogP contribution in [0.2, 0.25) is 0 Å². The second-order valence-electron chi connectivity index (χ2n) is 7.05. The Kier molecular flexibility index (Phi) is 6.07. The molecule has 146 valence electrons. The van der Waals surface area contributed by atoms with Gasteiger partial charge in [0.2, 0.25) is 5.91 Å². The number of tetrazole rings is 1. The molecule has 27 heavy (non-hydrogen) atoms. The van der Waals surface area contributed by atoms with E-state index in [2.05, 4.69) is 35.7 Å². The minimum absolute atomic E-state index is 0.0581. The molecule has 10 heteroatoms. The predicted molar refractivity (Wildman–Crippen MR) is 96.5 cm³/mol. The van der Waals surface area contributed by atoms with Gasteiger partial charge in [-0.3, -0.25) is 9.69 Å². The summed E-state index contributed by atoms with van der Waals surface area (Å²) in [7, 11) is 0. The van der Waals surface area contributed by atoms with Gasteiger partial charge >= 0.3 is 0 Å². The summed E-state index contributed by atoms with van der Waals surface area (Å²) in [4.78, 5) is 23.2. The molecule has 0 aliphatic carbocycles. The van der Waals surface area contributed by atoms with E-state index in [1.54, 1.807) is 0 Å². The molecule has 0 bridgehead atoms. The first-order valence-electron chi connectivity index (χ1n) is 9.09. The molecule has 1 saturated heterocycles. The van der Waals surface area contributed by atoms with E-state index in [4.69, 9.17) is 4.74 Å². The van der Waals surface area contributed by atoms with Crippen molar-refractivity contribution in [3.8, 4) is 0 Å². The Labute approximate surface area is 158 Å². The number of hydrogen-bond donors (Lipinski definition) is 1. The number of nitrogens with one attached hydrogen (secondary N) is 1. The third kappa shape index (κ3) is 5.51. The highest BCUT2D eigenvalue weighted by molar-refractivity contribution is 5.75. The third-order valence-electron chi connectivity index (χ3n) is 4.23. The molecule has 1 aliphatic heterocycles. The number of rotatable bonds is 6. The highest BCUT2D eigenvalue weighted by atomic mass is 16.5. The van der Waals surface area contributed by atoms with Gasteiger partial charge in [0, 0.05) is 24.5 Å². The molecular weight excluding hydrogens is 348 g/mol. The van der Waals surface area contributed by atoms with Crippen molar-refractivity contribution in [2.45, 2.75) is 59.5 Å². The second kappa shape index (κ2) is 8.49. The standard InChI is InChI=1S/C17H26N8O2/c1-11-5-12(2)20-15(19-11)6-18-17(26)10-25-16(21-22-23-25)9-24-7-13(3)27-14(4)8-24/h5,13-14H,6-10H2,1-4H3,(H,18,26)/t13-,14+. The Morgan fingerprint density at radius 1 is 1.22 bits per heavy atom. The molecule has 3 rings (SSSR count). The number of ether oxygens (including phenoxy) is 1. The van der Waals surface area contributed by atoms with Gasteiger partial charge in [0.1, 0.15) is 12.4 Å². The van der Waals surface area contributed by atoms with Gasteiger partial charge in [-0.05, 0) is 44.2 Å². The number of carbonyl (C=O) groups excluding carboxylic acids is 1. The number of aryl methyl sites for hydroxylation is 2. The first-order chi connectivity index (χ1) is 12.9. The first kappa shape index (κ1) is 19.3. The van der Waals surface area contributed by atoms with Crippen LogP contribution in [0, 0.1) is 13.8 Å². The molecule has 0 spiro atoms. The fourth-order valence-electron chi connectivity index (χ4n) is 3.32. The van der Waals surface area contributed by atoms with Crippen LogP contribution in [-0.2, 0) is 29.2 Å². The maximum Gasteiger partial charge on any atom is 0.242 e. The lowest BCUT2D eigenvalue weighted by molar-refractivity contribution is -0.122. The van der Waals surface area contributed by atoms with Crippen LogP contribution < -0.4 is 5.32 Å². The van der Waals surface area contributed by atoms with Gasteiger partial charge in [-0.15, -0.1) is 5.10 Å². The molecule has 0 aromatic carbocycles. The first-order valence-corrected chi connectivity index (χ1v) is 9.09. The van der Waals surface area contributed by atoms with Gasteiger partial charge in [0.05, 0.1) is 25.3 Å². The SMILES string of the molecule is Cc1cc(C)nc(CNC(=O)Cn2nnnc2CN2C[C@@H](C)O[C@@H](C)C2)n1. The Morgan fingerprint density at radius 3 is 2.56 bits per heavy atom. The third-order valence-corrected chi connectivity index (χ3v) is 4.23. The lowest BCUT2D eigenvalue weighted by Gasteiger charge is -2.34. The van der Waals surface area contributed by atoms with E-state index >= 15 is 0 Å². The summed E-state index contributed by atoms with van der Waals surface area (Å²) in [5, 5.41) is 14.6. The summed E-state index contributed by atoms with van der Waals surface area (Å²) < 4.78 is 7.28. The summed E-state index contributed by atoms with van der Waals surface area (Å²) in [5.41, 5.74) is 1.76. The zero-order chi connectivity index (χ0) is 19.4. The molecule has 0 unspecified atom stereocenters. The highest BCUT2D eigenvalue weighted by Gasteiger charge is 2.24. The number of carbonyl (C=O) groups is 1. The fraction of sp³-hybridized carbons (Fsp3) is 0.647. The molecule has 3 heterocycles. The van der Waals surface area contributed by atoms with Crippen LogP contribution in [0.3, 0.4) is 0 Å². The number of amides is 1. The zero-order valence-corrected chi connectivity index (χ0v) is 16.2. The molecule has 0 radical (unpaired) electrons. The minimum Gasteiger partial charge on any atom is -0.373 e. The van der Waals surface area contributed by atoms with Gasteiger partial charge in [-0.2, -0.15) is 0 Å². The Morgan fingerprint density at radius 2 is 1.89 bits per heavy atom. The molecular formula is C17H26N8O2. The lowest BCUT2D eigenvalue weighted by Crippen LogP contribution is -2.45. The second-order valence-corrected chi connectivity index (χ2v) is 7.05. The van der Waals surface area contributed by atoms with Gasteiger partial charge in [-0.1, -0.05) is 0 Å². The van der Waals surface area contributed by atoms with Crippen molar-refractivity contribution >= 4 is 5.91 Å². The summed E-state index contributed by atoms with van der Waals surface area (Å²) in [6.45, 7) is 10.4. The van der Waals surface area contributed by atoms with Gasteiger partial charge in [-0.25, -0.2) is 14.6 Å². The number of morpholine rings is 1. The molecule has 10 nitrogen and oxygen atoms in total. The minimum atomic E-state index is -0.185. The average molecular weight is 374 g/mol. The van der Waals surface area contributed by atoms with E-state index in [0.717, 1.165) is 24.5 Å². The number of nitrogens with zero attached hydrogens (tertiary/aromatic N) is 7. The van der Waals surface area contributed by atoms with Crippen molar-refractivity contribution in [1.29, 1.82) is 0 Å². The summed E-state index contributed by atoms with van der Waals surface area (Å²) >= 11 is 0. The maximum absolute atomic E-state index is 12.3. The van der Waals surface area contributed by atoms with Crippen molar-refractivity contribution in [3.63, 3.8) is 0 Å². The highest BCUT2D eigenvalue weighted by Crippen LogP contribution is 2.12. The Hall–Kier alpha value is -2.46. The van der Waals surface area contributed by atoms with Gasteiger partial charge in [0.15, 0.2) is 5.82 Å². The van der Waals surface area contributed by atoms with Crippen LogP contribution in [0.5, 0.6) is 0 Å². The van der Waals surface area contributed by atoms with E-state index in [-0.39, 0.29) is 31.2 Å². The molecule has 1 N–H and O–H groups in total. The van der Waals surface area contributed by atoms with Crippen molar-refractivity contribution in [2.24, 2.45) is 0 Å². The number of aromatic nitrogens is 6. The average Bonchev–Trinajstić information content (AvgIpc) is 2.98. The Balaban J connectivity index is 1.55. The predicted octanol–water partition coefficient (Wildman–Crippen LogP) is 0.00554. The van der Waals surface area contributed by atoms with Gasteiger partial charge < -0.3 is 10.1 Å². The van der Waals surface area contributed by atoms with Crippen molar-refractivity contribution in [3.05, 3.63) is 29.1 Å². The maximum atomic E-state index is 12.3. The molecule has 2 atom stereocenters. The summed E-state index contributed by atoms with van der Waals surface area (Å²) in [6.07, 6.45) is 0.332. The van der Waals surface area contributed by atoms with Crippen LogP contribution in [0.25, 0.3) is 0 Å². The quantitative estimate of drug-likeness (QED) is 0.752. The van der Waals surface area contributed by atoms with Crippen molar-refractivity contribution in [2.75, 3.05) is 13.1 Å². The van der Waals surface area contributed by atoms with Crippen LogP contribution in [0.15, 0.2) is 6.07 Å². The molecule has 2 aromatic heterocycles. The van der Waals surface area contributed by atoms with Crippen molar-refractivity contribution < 1.29 is 9.53 Å². The lowest BCUT2D eigenvalue weighted by atomic mass is 10.2. The zero-order valence-electron chi connectivity index (χ0n) is 16.2. The molecule has 1 aliphatic rings. The van der Waals surface area contributed by atoms with Gasteiger partial charge in [0.25, 0.3) is 0 Å². The largest absolute Gasteiger partial charge is 0.373 e. The van der Waals surface area contributed by atoms with Crippen LogP contribution in [0.1, 0.15) is 36.9 Å². The van der Waals surface area contributed by atoms with Crippen LogP contribution in [-0.4, -0.2) is 66.3 Å².